The topological polar surface area (TPSA) is 79.3 Å². The van der Waals surface area contributed by atoms with E-state index in [1.165, 1.54) is 148 Å². The highest BCUT2D eigenvalue weighted by molar-refractivity contribution is 5.73. The van der Waals surface area contributed by atoms with Crippen molar-refractivity contribution < 1.29 is 24.2 Å². The number of ether oxygens (including phenoxy) is 2. The van der Waals surface area contributed by atoms with Gasteiger partial charge in [0.2, 0.25) is 0 Å². The van der Waals surface area contributed by atoms with E-state index in [2.05, 4.69) is 37.5 Å². The molecule has 0 saturated carbocycles. The average Bonchev–Trinajstić information content (AvgIpc) is 3.21. The molecule has 7 nitrogen and oxygen atoms in total. The van der Waals surface area contributed by atoms with Crippen LogP contribution in [0.15, 0.2) is 0 Å². The highest BCUT2D eigenvalue weighted by Crippen LogP contribution is 2.42. The fourth-order valence-electron chi connectivity index (χ4n) is 9.33. The third kappa shape index (κ3) is 22.8. The van der Waals surface area contributed by atoms with Crippen molar-refractivity contribution in [1.82, 2.24) is 9.80 Å². The summed E-state index contributed by atoms with van der Waals surface area (Å²) in [7, 11) is 0. The van der Waals surface area contributed by atoms with Crippen LogP contribution in [0.2, 0.25) is 0 Å². The SMILES string of the molecule is CCCCCCCC(CCCCCCC)C(=O)OCC(COC(=O)C(CCCCCCC)CCCCCCC)N1CCC2(CCN(CCCCCO)CC2)CC1. The van der Waals surface area contributed by atoms with Gasteiger partial charge in [-0.25, -0.2) is 0 Å². The molecule has 2 fully saturated rings. The minimum atomic E-state index is -0.0867. The predicted octanol–water partition coefficient (Wildman–Crippen LogP) is 12.5. The Balaban J connectivity index is 2.08. The Morgan fingerprint density at radius 1 is 0.500 bits per heavy atom. The second-order valence-electron chi connectivity index (χ2n) is 18.3. The lowest BCUT2D eigenvalue weighted by molar-refractivity contribution is -0.156. The van der Waals surface area contributed by atoms with Gasteiger partial charge in [-0.05, 0) is 109 Å². The normalized spacial score (nSPS) is 16.4. The van der Waals surface area contributed by atoms with Gasteiger partial charge < -0.3 is 19.5 Å². The molecule has 0 amide bonds. The van der Waals surface area contributed by atoms with Gasteiger partial charge in [-0.1, -0.05) is 156 Å². The van der Waals surface area contributed by atoms with E-state index in [1.807, 2.05) is 0 Å². The fourth-order valence-corrected chi connectivity index (χ4v) is 9.33. The van der Waals surface area contributed by atoms with Crippen molar-refractivity contribution in [3.8, 4) is 0 Å². The van der Waals surface area contributed by atoms with Crippen LogP contribution in [-0.2, 0) is 19.1 Å². The number of carbonyl (C=O) groups excluding carboxylic acids is 2. The van der Waals surface area contributed by atoms with Crippen LogP contribution in [-0.4, -0.2) is 85.4 Å². The summed E-state index contributed by atoms with van der Waals surface area (Å²) >= 11 is 0. The second kappa shape index (κ2) is 33.6. The lowest BCUT2D eigenvalue weighted by atomic mass is 9.71. The van der Waals surface area contributed by atoms with Crippen LogP contribution in [0.25, 0.3) is 0 Å². The number of esters is 2. The van der Waals surface area contributed by atoms with E-state index in [0.29, 0.717) is 25.2 Å². The summed E-state index contributed by atoms with van der Waals surface area (Å²) in [6.45, 7) is 15.4. The van der Waals surface area contributed by atoms with E-state index in [4.69, 9.17) is 14.6 Å². The molecule has 2 heterocycles. The van der Waals surface area contributed by atoms with Crippen LogP contribution in [0.3, 0.4) is 0 Å². The van der Waals surface area contributed by atoms with E-state index in [-0.39, 0.29) is 29.8 Å². The molecule has 2 aliphatic heterocycles. The molecular weight excluding hydrogens is 697 g/mol. The zero-order valence-electron chi connectivity index (χ0n) is 37.8. The van der Waals surface area contributed by atoms with Crippen molar-refractivity contribution in [2.24, 2.45) is 17.3 Å². The van der Waals surface area contributed by atoms with Crippen molar-refractivity contribution in [2.45, 2.75) is 233 Å². The number of aliphatic hydroxyl groups is 1. The number of hydrogen-bond donors (Lipinski definition) is 1. The molecule has 0 aliphatic carbocycles. The Labute approximate surface area is 347 Å². The van der Waals surface area contributed by atoms with Crippen molar-refractivity contribution >= 4 is 11.9 Å². The van der Waals surface area contributed by atoms with Gasteiger partial charge in [0, 0.05) is 6.61 Å². The Morgan fingerprint density at radius 3 is 1.23 bits per heavy atom. The maximum Gasteiger partial charge on any atom is 0.308 e. The second-order valence-corrected chi connectivity index (χ2v) is 18.3. The summed E-state index contributed by atoms with van der Waals surface area (Å²) in [6, 6.07) is -0.0867. The first-order valence-electron chi connectivity index (χ1n) is 24.8. The van der Waals surface area contributed by atoms with Crippen LogP contribution in [0.1, 0.15) is 227 Å². The molecule has 0 bridgehead atoms. The zero-order chi connectivity index (χ0) is 40.5. The summed E-state index contributed by atoms with van der Waals surface area (Å²) in [5.74, 6) is -0.0947. The van der Waals surface area contributed by atoms with Crippen LogP contribution in [0.4, 0.5) is 0 Å². The van der Waals surface area contributed by atoms with Crippen LogP contribution >= 0.6 is 0 Å². The fraction of sp³-hybridized carbons (Fsp3) is 0.959. The molecule has 0 radical (unpaired) electrons. The van der Waals surface area contributed by atoms with Gasteiger partial charge in [0.05, 0.1) is 17.9 Å². The molecule has 0 aromatic carbocycles. The zero-order valence-corrected chi connectivity index (χ0v) is 37.8. The Morgan fingerprint density at radius 2 is 0.857 bits per heavy atom. The lowest BCUT2D eigenvalue weighted by Crippen LogP contribution is -2.52. The molecule has 7 heteroatoms. The van der Waals surface area contributed by atoms with Crippen molar-refractivity contribution in [3.63, 3.8) is 0 Å². The predicted molar refractivity (Wildman–Crippen MR) is 236 cm³/mol. The molecule has 2 saturated heterocycles. The average molecular weight is 791 g/mol. The molecule has 0 aromatic heterocycles. The molecule has 0 aromatic rings. The van der Waals surface area contributed by atoms with Crippen LogP contribution < -0.4 is 0 Å². The molecule has 56 heavy (non-hydrogen) atoms. The summed E-state index contributed by atoms with van der Waals surface area (Å²) in [5, 5.41) is 9.15. The van der Waals surface area contributed by atoms with E-state index in [9.17, 15) is 9.59 Å². The monoisotopic (exact) mass is 791 g/mol. The Kier molecular flexibility index (Phi) is 30.6. The third-order valence-corrected chi connectivity index (χ3v) is 13.6. The van der Waals surface area contributed by atoms with E-state index >= 15 is 0 Å². The van der Waals surface area contributed by atoms with Crippen LogP contribution in [0.5, 0.6) is 0 Å². The number of carbonyl (C=O) groups is 2. The first kappa shape index (κ1) is 51.0. The largest absolute Gasteiger partial charge is 0.464 e. The summed E-state index contributed by atoms with van der Waals surface area (Å²) in [6.07, 6.45) is 36.0. The maximum absolute atomic E-state index is 13.8. The number of likely N-dealkylation sites (tertiary alicyclic amines) is 2. The quantitative estimate of drug-likeness (QED) is 0.0500. The first-order chi connectivity index (χ1) is 27.4. The van der Waals surface area contributed by atoms with Gasteiger partial charge in [-0.15, -0.1) is 0 Å². The molecule has 1 spiro atoms. The third-order valence-electron chi connectivity index (χ3n) is 13.6. The Hall–Kier alpha value is -1.18. The molecule has 1 N–H and O–H groups in total. The minimum absolute atomic E-state index is 0.0234. The van der Waals surface area contributed by atoms with E-state index in [1.54, 1.807) is 0 Å². The number of aliphatic hydroxyl groups excluding tert-OH is 1. The standard InChI is InChI=1S/C49H94N2O5/c1-5-9-13-17-22-28-44(29-23-18-14-10-6-2)47(53)55-42-46(43-56-48(54)45(30-24-19-15-11-7-3)31-25-20-16-12-8-4)51-39-34-49(35-40-51)32-37-50(38-33-49)36-26-21-27-41-52/h44-46,52H,5-43H2,1-4H3. The van der Waals surface area contributed by atoms with Gasteiger partial charge >= 0.3 is 11.9 Å². The number of piperidine rings is 2. The van der Waals surface area contributed by atoms with Gasteiger partial charge in [0.25, 0.3) is 0 Å². The molecule has 330 valence electrons. The number of nitrogens with zero attached hydrogens (tertiary/aromatic N) is 2. The summed E-state index contributed by atoms with van der Waals surface area (Å²) in [4.78, 5) is 32.8. The minimum Gasteiger partial charge on any atom is -0.464 e. The van der Waals surface area contributed by atoms with Crippen LogP contribution in [0, 0.1) is 17.3 Å². The van der Waals surface area contributed by atoms with Crippen molar-refractivity contribution in [2.75, 3.05) is 52.5 Å². The van der Waals surface area contributed by atoms with E-state index in [0.717, 1.165) is 83.8 Å². The Bertz CT molecular complexity index is 851. The number of hydrogen-bond acceptors (Lipinski definition) is 7. The van der Waals surface area contributed by atoms with Gasteiger partial charge in [0.1, 0.15) is 13.2 Å². The summed E-state index contributed by atoms with van der Waals surface area (Å²) < 4.78 is 12.6. The van der Waals surface area contributed by atoms with Gasteiger partial charge in [-0.3, -0.25) is 14.5 Å². The molecule has 2 aliphatic rings. The molecule has 2 rings (SSSR count). The highest BCUT2D eigenvalue weighted by atomic mass is 16.5. The number of unbranched alkanes of at least 4 members (excludes halogenated alkanes) is 18. The number of rotatable bonds is 36. The van der Waals surface area contributed by atoms with Crippen molar-refractivity contribution in [1.29, 1.82) is 0 Å². The summed E-state index contributed by atoms with van der Waals surface area (Å²) in [5.41, 5.74) is 0.400. The van der Waals surface area contributed by atoms with E-state index < -0.39 is 0 Å². The maximum atomic E-state index is 13.8. The molecule has 0 unspecified atom stereocenters. The molecule has 0 atom stereocenters. The van der Waals surface area contributed by atoms with Gasteiger partial charge in [-0.2, -0.15) is 0 Å². The first-order valence-corrected chi connectivity index (χ1v) is 24.8. The smallest absolute Gasteiger partial charge is 0.308 e. The van der Waals surface area contributed by atoms with Crippen molar-refractivity contribution in [3.05, 3.63) is 0 Å². The van der Waals surface area contributed by atoms with Gasteiger partial charge in [0.15, 0.2) is 0 Å². The molecular formula is C49H94N2O5. The lowest BCUT2D eigenvalue weighted by Gasteiger charge is -2.48. The highest BCUT2D eigenvalue weighted by Gasteiger charge is 2.39.